The maximum Gasteiger partial charge on any atom is 0.227 e. The molecule has 1 heterocycles. The summed E-state index contributed by atoms with van der Waals surface area (Å²) in [4.78, 5) is 28.5. The molecule has 1 saturated heterocycles. The Balaban J connectivity index is 1.95. The number of benzene rings is 1. The number of hydrogen-bond donors (Lipinski definition) is 0. The number of rotatable bonds is 4. The van der Waals surface area contributed by atoms with Gasteiger partial charge in [-0.2, -0.15) is 0 Å². The van der Waals surface area contributed by atoms with Crippen LogP contribution in [-0.2, 0) is 16.0 Å². The first-order valence-corrected chi connectivity index (χ1v) is 8.63. The Morgan fingerprint density at radius 3 is 2.30 bits per heavy atom. The fourth-order valence-electron chi connectivity index (χ4n) is 3.05. The van der Waals surface area contributed by atoms with Crippen molar-refractivity contribution in [1.82, 2.24) is 9.80 Å². The maximum absolute atomic E-state index is 12.6. The van der Waals surface area contributed by atoms with Crippen molar-refractivity contribution in [2.24, 2.45) is 0 Å². The van der Waals surface area contributed by atoms with E-state index >= 15 is 0 Å². The van der Waals surface area contributed by atoms with Gasteiger partial charge in [0.2, 0.25) is 11.8 Å². The molecule has 0 aromatic heterocycles. The molecule has 0 saturated carbocycles. The van der Waals surface area contributed by atoms with Gasteiger partial charge in [-0.05, 0) is 37.8 Å². The topological polar surface area (TPSA) is 40.6 Å². The van der Waals surface area contributed by atoms with Gasteiger partial charge < -0.3 is 9.80 Å². The van der Waals surface area contributed by atoms with Crippen LogP contribution in [0.25, 0.3) is 0 Å². The lowest BCUT2D eigenvalue weighted by atomic mass is 10.0. The van der Waals surface area contributed by atoms with E-state index in [4.69, 9.17) is 0 Å². The summed E-state index contributed by atoms with van der Waals surface area (Å²) in [6.45, 7) is 8.96. The normalized spacial score (nSPS) is 15.4. The van der Waals surface area contributed by atoms with Crippen LogP contribution in [0.1, 0.15) is 42.9 Å². The average Bonchev–Trinajstić information content (AvgIpc) is 2.77. The molecule has 2 rings (SSSR count). The molecule has 2 amide bonds. The predicted molar refractivity (Wildman–Crippen MR) is 92.3 cm³/mol. The van der Waals surface area contributed by atoms with Crippen LogP contribution in [0, 0.1) is 13.8 Å². The molecule has 1 aromatic rings. The van der Waals surface area contributed by atoms with Gasteiger partial charge in [0.15, 0.2) is 0 Å². The summed E-state index contributed by atoms with van der Waals surface area (Å²) in [6.07, 6.45) is 2.81. The number of nitrogens with zero attached hydrogens (tertiary/aromatic N) is 2. The van der Waals surface area contributed by atoms with Gasteiger partial charge in [0, 0.05) is 32.6 Å². The fourth-order valence-corrected chi connectivity index (χ4v) is 3.05. The van der Waals surface area contributed by atoms with Crippen molar-refractivity contribution in [2.75, 3.05) is 26.2 Å². The molecule has 0 spiro atoms. The average molecular weight is 316 g/mol. The Labute approximate surface area is 139 Å². The Morgan fingerprint density at radius 2 is 1.65 bits per heavy atom. The number of aryl methyl sites for hydroxylation is 2. The minimum Gasteiger partial charge on any atom is -0.341 e. The fraction of sp³-hybridized carbons (Fsp3) is 0.579. The molecule has 0 unspecified atom stereocenters. The van der Waals surface area contributed by atoms with Crippen LogP contribution in [0.4, 0.5) is 0 Å². The first-order chi connectivity index (χ1) is 11.0. The van der Waals surface area contributed by atoms with E-state index in [-0.39, 0.29) is 11.8 Å². The van der Waals surface area contributed by atoms with Crippen LogP contribution in [0.2, 0.25) is 0 Å². The number of carbonyl (C=O) groups is 2. The van der Waals surface area contributed by atoms with Gasteiger partial charge in [0.25, 0.3) is 0 Å². The van der Waals surface area contributed by atoms with Crippen LogP contribution in [0.3, 0.4) is 0 Å². The van der Waals surface area contributed by atoms with Gasteiger partial charge >= 0.3 is 0 Å². The number of hydrogen-bond acceptors (Lipinski definition) is 2. The molecule has 0 atom stereocenters. The molecule has 0 N–H and O–H groups in total. The van der Waals surface area contributed by atoms with E-state index < -0.39 is 0 Å². The van der Waals surface area contributed by atoms with Gasteiger partial charge in [-0.15, -0.1) is 0 Å². The van der Waals surface area contributed by atoms with Crippen molar-refractivity contribution in [3.63, 3.8) is 0 Å². The zero-order valence-corrected chi connectivity index (χ0v) is 14.6. The molecule has 4 heteroatoms. The minimum absolute atomic E-state index is 0.170. The van der Waals surface area contributed by atoms with E-state index in [9.17, 15) is 9.59 Å². The highest BCUT2D eigenvalue weighted by atomic mass is 16.2. The van der Waals surface area contributed by atoms with Gasteiger partial charge in [0.1, 0.15) is 0 Å². The molecule has 1 aliphatic heterocycles. The molecule has 23 heavy (non-hydrogen) atoms. The van der Waals surface area contributed by atoms with E-state index in [1.165, 1.54) is 11.1 Å². The number of amides is 2. The largest absolute Gasteiger partial charge is 0.341 e. The molecule has 0 radical (unpaired) electrons. The van der Waals surface area contributed by atoms with Crippen LogP contribution < -0.4 is 0 Å². The third kappa shape index (κ3) is 4.81. The van der Waals surface area contributed by atoms with Gasteiger partial charge in [-0.25, -0.2) is 0 Å². The van der Waals surface area contributed by atoms with E-state index in [1.54, 1.807) is 0 Å². The van der Waals surface area contributed by atoms with Crippen LogP contribution in [0.15, 0.2) is 18.2 Å². The molecule has 4 nitrogen and oxygen atoms in total. The zero-order chi connectivity index (χ0) is 16.8. The van der Waals surface area contributed by atoms with Gasteiger partial charge in [-0.1, -0.05) is 30.7 Å². The van der Waals surface area contributed by atoms with Crippen molar-refractivity contribution >= 4 is 11.8 Å². The van der Waals surface area contributed by atoms with E-state index in [0.717, 1.165) is 31.5 Å². The SMILES string of the molecule is CCCC(=O)N1CCCN(C(=O)Cc2cc(C)ccc2C)CC1. The lowest BCUT2D eigenvalue weighted by Gasteiger charge is -2.22. The summed E-state index contributed by atoms with van der Waals surface area (Å²) >= 11 is 0. The summed E-state index contributed by atoms with van der Waals surface area (Å²) in [5.74, 6) is 0.389. The summed E-state index contributed by atoms with van der Waals surface area (Å²) in [7, 11) is 0. The van der Waals surface area contributed by atoms with Crippen LogP contribution >= 0.6 is 0 Å². The Hall–Kier alpha value is -1.84. The third-order valence-corrected chi connectivity index (χ3v) is 4.51. The van der Waals surface area contributed by atoms with Crippen LogP contribution in [0.5, 0.6) is 0 Å². The molecule has 126 valence electrons. The summed E-state index contributed by atoms with van der Waals surface area (Å²) < 4.78 is 0. The zero-order valence-electron chi connectivity index (χ0n) is 14.6. The Morgan fingerprint density at radius 1 is 1.00 bits per heavy atom. The second kappa shape index (κ2) is 8.14. The van der Waals surface area contributed by atoms with Crippen molar-refractivity contribution in [2.45, 2.75) is 46.5 Å². The molecular weight excluding hydrogens is 288 g/mol. The highest BCUT2D eigenvalue weighted by Gasteiger charge is 2.21. The number of carbonyl (C=O) groups excluding carboxylic acids is 2. The van der Waals surface area contributed by atoms with Crippen molar-refractivity contribution in [1.29, 1.82) is 0 Å². The van der Waals surface area contributed by atoms with Gasteiger partial charge in [-0.3, -0.25) is 9.59 Å². The Kier molecular flexibility index (Phi) is 6.20. The second-order valence-electron chi connectivity index (χ2n) is 6.47. The molecule has 1 aliphatic rings. The first-order valence-electron chi connectivity index (χ1n) is 8.63. The molecule has 0 aliphatic carbocycles. The van der Waals surface area contributed by atoms with Crippen molar-refractivity contribution < 1.29 is 9.59 Å². The van der Waals surface area contributed by atoms with Crippen LogP contribution in [-0.4, -0.2) is 47.8 Å². The second-order valence-corrected chi connectivity index (χ2v) is 6.47. The quantitative estimate of drug-likeness (QED) is 0.857. The highest BCUT2D eigenvalue weighted by molar-refractivity contribution is 5.80. The smallest absolute Gasteiger partial charge is 0.227 e. The summed E-state index contributed by atoms with van der Waals surface area (Å²) in [6, 6.07) is 6.25. The maximum atomic E-state index is 12.6. The lowest BCUT2D eigenvalue weighted by molar-refractivity contribution is -0.133. The van der Waals surface area contributed by atoms with E-state index in [0.29, 0.717) is 25.9 Å². The third-order valence-electron chi connectivity index (χ3n) is 4.51. The van der Waals surface area contributed by atoms with E-state index in [2.05, 4.69) is 32.0 Å². The molecule has 1 aromatic carbocycles. The van der Waals surface area contributed by atoms with Gasteiger partial charge in [0.05, 0.1) is 6.42 Å². The molecular formula is C19H28N2O2. The van der Waals surface area contributed by atoms with E-state index in [1.807, 2.05) is 16.7 Å². The lowest BCUT2D eigenvalue weighted by Crippen LogP contribution is -2.37. The summed E-state index contributed by atoms with van der Waals surface area (Å²) in [5, 5.41) is 0. The molecule has 0 bridgehead atoms. The van der Waals surface area contributed by atoms with Crippen molar-refractivity contribution in [3.05, 3.63) is 34.9 Å². The monoisotopic (exact) mass is 316 g/mol. The first kappa shape index (κ1) is 17.5. The highest BCUT2D eigenvalue weighted by Crippen LogP contribution is 2.14. The summed E-state index contributed by atoms with van der Waals surface area (Å²) in [5.41, 5.74) is 3.46. The predicted octanol–water partition coefficient (Wildman–Crippen LogP) is 2.71. The standard InChI is InChI=1S/C19H28N2O2/c1-4-6-18(22)20-9-5-10-21(12-11-20)19(23)14-17-13-15(2)7-8-16(17)3/h7-8,13H,4-6,9-12,14H2,1-3H3. The van der Waals surface area contributed by atoms with Crippen molar-refractivity contribution in [3.8, 4) is 0 Å². The minimum atomic E-state index is 0.170. The Bertz CT molecular complexity index is 568. The molecule has 1 fully saturated rings.